The van der Waals surface area contributed by atoms with Gasteiger partial charge in [-0.25, -0.2) is 8.78 Å². The summed E-state index contributed by atoms with van der Waals surface area (Å²) >= 11 is 0. The summed E-state index contributed by atoms with van der Waals surface area (Å²) in [7, 11) is 0. The fourth-order valence-corrected chi connectivity index (χ4v) is 2.82. The Morgan fingerprint density at radius 2 is 2.19 bits per heavy atom. The number of carbonyl (C=O) groups excluding carboxylic acids is 1. The van der Waals surface area contributed by atoms with E-state index in [9.17, 15) is 13.6 Å². The summed E-state index contributed by atoms with van der Waals surface area (Å²) < 4.78 is 37.5. The smallest absolute Gasteiger partial charge is 0.260 e. The number of piperidine rings is 1. The second kappa shape index (κ2) is 8.71. The summed E-state index contributed by atoms with van der Waals surface area (Å²) in [5, 5.41) is 0. The van der Waals surface area contributed by atoms with E-state index in [-0.39, 0.29) is 24.4 Å². The number of hydrogen-bond donors (Lipinski definition) is 0. The first-order chi connectivity index (χ1) is 12.6. The maximum absolute atomic E-state index is 13.6. The van der Waals surface area contributed by atoms with Crippen LogP contribution in [0, 0.1) is 11.6 Å². The van der Waals surface area contributed by atoms with Crippen molar-refractivity contribution in [2.45, 2.75) is 25.6 Å². The van der Waals surface area contributed by atoms with Crippen LogP contribution in [0.1, 0.15) is 18.4 Å². The third-order valence-corrected chi connectivity index (χ3v) is 4.18. The molecule has 1 saturated heterocycles. The number of aromatic nitrogens is 1. The van der Waals surface area contributed by atoms with Gasteiger partial charge in [-0.15, -0.1) is 0 Å². The van der Waals surface area contributed by atoms with Crippen LogP contribution in [0.25, 0.3) is 0 Å². The molecule has 1 aliphatic heterocycles. The van der Waals surface area contributed by atoms with Crippen LogP contribution >= 0.6 is 0 Å². The van der Waals surface area contributed by atoms with Gasteiger partial charge in [0.25, 0.3) is 5.91 Å². The number of rotatable bonds is 6. The van der Waals surface area contributed by atoms with Crippen molar-refractivity contribution < 1.29 is 23.0 Å². The van der Waals surface area contributed by atoms with Crippen LogP contribution in [0.3, 0.4) is 0 Å². The van der Waals surface area contributed by atoms with Crippen LogP contribution in [-0.4, -0.2) is 41.6 Å². The van der Waals surface area contributed by atoms with E-state index >= 15 is 0 Å². The van der Waals surface area contributed by atoms with Gasteiger partial charge in [0, 0.05) is 31.5 Å². The minimum Gasteiger partial charge on any atom is -0.481 e. The van der Waals surface area contributed by atoms with Crippen molar-refractivity contribution in [3.63, 3.8) is 0 Å². The van der Waals surface area contributed by atoms with Gasteiger partial charge >= 0.3 is 0 Å². The van der Waals surface area contributed by atoms with E-state index < -0.39 is 11.6 Å². The predicted molar refractivity (Wildman–Crippen MR) is 90.5 cm³/mol. The lowest BCUT2D eigenvalue weighted by Crippen LogP contribution is -2.45. The fourth-order valence-electron chi connectivity index (χ4n) is 2.82. The molecular weight excluding hydrogens is 342 g/mol. The molecule has 0 spiro atoms. The standard InChI is InChI=1S/C19H20F2N2O3/c20-15-5-6-18(17(21)9-15)26-13-19(24)23-8-2-4-16(11-23)25-12-14-3-1-7-22-10-14/h1,3,5-7,9-10,16H,2,4,8,11-13H2/t16-/m0/s1. The van der Waals surface area contributed by atoms with Crippen LogP contribution in [0.5, 0.6) is 5.75 Å². The average molecular weight is 362 g/mol. The van der Waals surface area contributed by atoms with Crippen molar-refractivity contribution in [2.75, 3.05) is 19.7 Å². The first kappa shape index (κ1) is 18.3. The van der Waals surface area contributed by atoms with E-state index in [0.29, 0.717) is 19.7 Å². The van der Waals surface area contributed by atoms with Gasteiger partial charge in [-0.1, -0.05) is 6.07 Å². The zero-order chi connectivity index (χ0) is 18.4. The van der Waals surface area contributed by atoms with Crippen LogP contribution in [-0.2, 0) is 16.1 Å². The molecular formula is C19H20F2N2O3. The van der Waals surface area contributed by atoms with E-state index in [1.54, 1.807) is 17.3 Å². The molecule has 1 fully saturated rings. The molecule has 0 aliphatic carbocycles. The molecule has 0 bridgehead atoms. The Morgan fingerprint density at radius 3 is 2.96 bits per heavy atom. The molecule has 1 aliphatic rings. The third-order valence-electron chi connectivity index (χ3n) is 4.18. The number of likely N-dealkylation sites (tertiary alicyclic amines) is 1. The molecule has 2 heterocycles. The minimum atomic E-state index is -0.825. The third kappa shape index (κ3) is 4.98. The van der Waals surface area contributed by atoms with Gasteiger partial charge in [0.05, 0.1) is 12.7 Å². The maximum Gasteiger partial charge on any atom is 0.260 e. The number of hydrogen-bond acceptors (Lipinski definition) is 4. The van der Waals surface area contributed by atoms with Gasteiger partial charge in [-0.05, 0) is 36.6 Å². The first-order valence-electron chi connectivity index (χ1n) is 8.48. The fraction of sp³-hybridized carbons (Fsp3) is 0.368. The average Bonchev–Trinajstić information content (AvgIpc) is 2.66. The van der Waals surface area contributed by atoms with Gasteiger partial charge in [0.2, 0.25) is 0 Å². The molecule has 1 atom stereocenters. The highest BCUT2D eigenvalue weighted by atomic mass is 19.1. The lowest BCUT2D eigenvalue weighted by Gasteiger charge is -2.32. The van der Waals surface area contributed by atoms with Crippen LogP contribution in [0.2, 0.25) is 0 Å². The summed E-state index contributed by atoms with van der Waals surface area (Å²) in [6.07, 6.45) is 5.09. The normalized spacial score (nSPS) is 17.2. The van der Waals surface area contributed by atoms with Crippen molar-refractivity contribution in [1.82, 2.24) is 9.88 Å². The Balaban J connectivity index is 1.48. The van der Waals surface area contributed by atoms with Crippen molar-refractivity contribution in [2.24, 2.45) is 0 Å². The Morgan fingerprint density at radius 1 is 1.31 bits per heavy atom. The molecule has 1 amide bonds. The lowest BCUT2D eigenvalue weighted by molar-refractivity contribution is -0.137. The highest BCUT2D eigenvalue weighted by Gasteiger charge is 2.24. The number of benzene rings is 1. The maximum atomic E-state index is 13.6. The highest BCUT2D eigenvalue weighted by Crippen LogP contribution is 2.19. The SMILES string of the molecule is O=C(COc1ccc(F)cc1F)N1CCC[C@H](OCc2cccnc2)C1. The second-order valence-corrected chi connectivity index (χ2v) is 6.14. The number of nitrogens with zero attached hydrogens (tertiary/aromatic N) is 2. The van der Waals surface area contributed by atoms with Gasteiger partial charge in [0.15, 0.2) is 18.2 Å². The Hall–Kier alpha value is -2.54. The number of amides is 1. The zero-order valence-corrected chi connectivity index (χ0v) is 14.2. The summed E-state index contributed by atoms with van der Waals surface area (Å²) in [6, 6.07) is 6.77. The summed E-state index contributed by atoms with van der Waals surface area (Å²) in [5.41, 5.74) is 0.978. The highest BCUT2D eigenvalue weighted by molar-refractivity contribution is 5.77. The van der Waals surface area contributed by atoms with Gasteiger partial charge in [-0.3, -0.25) is 9.78 Å². The van der Waals surface area contributed by atoms with Crippen molar-refractivity contribution in [1.29, 1.82) is 0 Å². The molecule has 5 nitrogen and oxygen atoms in total. The molecule has 3 rings (SSSR count). The van der Waals surface area contributed by atoms with Crippen molar-refractivity contribution in [3.8, 4) is 5.75 Å². The molecule has 1 aromatic carbocycles. The van der Waals surface area contributed by atoms with Crippen molar-refractivity contribution >= 4 is 5.91 Å². The van der Waals surface area contributed by atoms with E-state index in [1.807, 2.05) is 12.1 Å². The first-order valence-corrected chi connectivity index (χ1v) is 8.48. The van der Waals surface area contributed by atoms with Gasteiger partial charge in [0.1, 0.15) is 5.82 Å². The molecule has 0 saturated carbocycles. The lowest BCUT2D eigenvalue weighted by atomic mass is 10.1. The van der Waals surface area contributed by atoms with Gasteiger partial charge in [-0.2, -0.15) is 0 Å². The number of pyridine rings is 1. The van der Waals surface area contributed by atoms with Crippen LogP contribution in [0.15, 0.2) is 42.7 Å². The molecule has 1 aromatic heterocycles. The van der Waals surface area contributed by atoms with Crippen molar-refractivity contribution in [3.05, 3.63) is 59.9 Å². The van der Waals surface area contributed by atoms with Gasteiger partial charge < -0.3 is 14.4 Å². The van der Waals surface area contributed by atoms with E-state index in [0.717, 1.165) is 30.5 Å². The second-order valence-electron chi connectivity index (χ2n) is 6.14. The minimum absolute atomic E-state index is 0.0598. The predicted octanol–water partition coefficient (Wildman–Crippen LogP) is 2.95. The molecule has 0 N–H and O–H groups in total. The quantitative estimate of drug-likeness (QED) is 0.793. The molecule has 0 radical (unpaired) electrons. The summed E-state index contributed by atoms with van der Waals surface area (Å²) in [4.78, 5) is 18.0. The topological polar surface area (TPSA) is 51.7 Å². The summed E-state index contributed by atoms with van der Waals surface area (Å²) in [6.45, 7) is 1.23. The Bertz CT molecular complexity index is 743. The summed E-state index contributed by atoms with van der Waals surface area (Å²) in [5.74, 6) is -1.90. The number of ether oxygens (including phenoxy) is 2. The largest absolute Gasteiger partial charge is 0.481 e. The molecule has 138 valence electrons. The Labute approximate surface area is 150 Å². The molecule has 7 heteroatoms. The number of halogens is 2. The van der Waals surface area contributed by atoms with Crippen LogP contribution in [0.4, 0.5) is 8.78 Å². The monoisotopic (exact) mass is 362 g/mol. The number of carbonyl (C=O) groups is 1. The molecule has 0 unspecified atom stereocenters. The molecule has 26 heavy (non-hydrogen) atoms. The van der Waals surface area contributed by atoms with E-state index in [4.69, 9.17) is 9.47 Å². The van der Waals surface area contributed by atoms with E-state index in [1.165, 1.54) is 6.07 Å². The van der Waals surface area contributed by atoms with E-state index in [2.05, 4.69) is 4.98 Å². The van der Waals surface area contributed by atoms with Crippen LogP contribution < -0.4 is 4.74 Å². The molecule has 2 aromatic rings. The Kier molecular flexibility index (Phi) is 6.12. The zero-order valence-electron chi connectivity index (χ0n) is 14.2.